The van der Waals surface area contributed by atoms with E-state index in [1.54, 1.807) is 19.1 Å². The van der Waals surface area contributed by atoms with Crippen LogP contribution in [0.2, 0.25) is 0 Å². The fourth-order valence-corrected chi connectivity index (χ4v) is 2.65. The maximum atomic E-state index is 13.9. The molecule has 1 N–H and O–H groups in total. The number of benzene rings is 1. The van der Waals surface area contributed by atoms with Crippen LogP contribution in [-0.2, 0) is 19.3 Å². The summed E-state index contributed by atoms with van der Waals surface area (Å²) in [6.07, 6.45) is 0. The first-order valence-corrected chi connectivity index (χ1v) is 7.01. The van der Waals surface area contributed by atoms with Gasteiger partial charge < -0.3 is 9.88 Å². The average molecular weight is 280 g/mol. The van der Waals surface area contributed by atoms with Crippen molar-refractivity contribution in [1.82, 2.24) is 20.1 Å². The third-order valence-corrected chi connectivity index (χ3v) is 3.96. The van der Waals surface area contributed by atoms with Gasteiger partial charge in [0.25, 0.3) is 0 Å². The third kappa shape index (κ3) is 3.13. The van der Waals surface area contributed by atoms with Gasteiger partial charge in [0.2, 0.25) is 0 Å². The minimum Gasteiger partial charge on any atom is -0.313 e. The molecule has 0 fully saturated rings. The van der Waals surface area contributed by atoms with Crippen LogP contribution < -0.4 is 5.32 Å². The van der Waals surface area contributed by atoms with Crippen LogP contribution in [0.25, 0.3) is 0 Å². The summed E-state index contributed by atoms with van der Waals surface area (Å²) < 4.78 is 15.8. The molecule has 0 amide bonds. The van der Waals surface area contributed by atoms with Crippen molar-refractivity contribution in [1.29, 1.82) is 0 Å². The Labute approximate surface area is 116 Å². The van der Waals surface area contributed by atoms with E-state index in [1.807, 2.05) is 24.7 Å². The number of nitrogens with zero attached hydrogens (tertiary/aromatic N) is 3. The SMILES string of the molecule is CNCc1nnc(SCc2cccc(C)c2F)n1C. The fourth-order valence-electron chi connectivity index (χ4n) is 1.74. The van der Waals surface area contributed by atoms with E-state index in [0.29, 0.717) is 23.4 Å². The lowest BCUT2D eigenvalue weighted by Gasteiger charge is -2.05. The van der Waals surface area contributed by atoms with Gasteiger partial charge in [0.1, 0.15) is 11.6 Å². The second kappa shape index (κ2) is 6.16. The molecule has 2 aromatic rings. The van der Waals surface area contributed by atoms with Crippen molar-refractivity contribution < 1.29 is 4.39 Å². The minimum atomic E-state index is -0.132. The van der Waals surface area contributed by atoms with Gasteiger partial charge in [0.05, 0.1) is 6.54 Å². The van der Waals surface area contributed by atoms with Crippen LogP contribution in [0, 0.1) is 12.7 Å². The predicted octanol–water partition coefficient (Wildman–Crippen LogP) is 2.27. The molecule has 102 valence electrons. The van der Waals surface area contributed by atoms with E-state index in [-0.39, 0.29) is 5.82 Å². The molecule has 2 rings (SSSR count). The summed E-state index contributed by atoms with van der Waals surface area (Å²) in [6, 6.07) is 5.45. The van der Waals surface area contributed by atoms with Gasteiger partial charge in [0, 0.05) is 12.8 Å². The van der Waals surface area contributed by atoms with Crippen molar-refractivity contribution in [3.63, 3.8) is 0 Å². The van der Waals surface area contributed by atoms with Crippen LogP contribution in [0.15, 0.2) is 23.4 Å². The minimum absolute atomic E-state index is 0.132. The molecule has 6 heteroatoms. The van der Waals surface area contributed by atoms with Crippen molar-refractivity contribution in [3.8, 4) is 0 Å². The highest BCUT2D eigenvalue weighted by molar-refractivity contribution is 7.98. The van der Waals surface area contributed by atoms with E-state index in [4.69, 9.17) is 0 Å². The van der Waals surface area contributed by atoms with Gasteiger partial charge >= 0.3 is 0 Å². The zero-order chi connectivity index (χ0) is 13.8. The summed E-state index contributed by atoms with van der Waals surface area (Å²) >= 11 is 1.49. The number of aromatic nitrogens is 3. The van der Waals surface area contributed by atoms with E-state index in [1.165, 1.54) is 11.8 Å². The number of thioether (sulfide) groups is 1. The molecule has 1 aromatic heterocycles. The van der Waals surface area contributed by atoms with Crippen molar-refractivity contribution in [3.05, 3.63) is 41.0 Å². The Morgan fingerprint density at radius 2 is 2.16 bits per heavy atom. The van der Waals surface area contributed by atoms with Crippen molar-refractivity contribution in [2.75, 3.05) is 7.05 Å². The van der Waals surface area contributed by atoms with Gasteiger partial charge in [-0.25, -0.2) is 4.39 Å². The maximum Gasteiger partial charge on any atom is 0.191 e. The van der Waals surface area contributed by atoms with E-state index in [9.17, 15) is 4.39 Å². The first-order chi connectivity index (χ1) is 9.13. The number of hydrogen-bond donors (Lipinski definition) is 1. The molecule has 0 spiro atoms. The molecule has 0 radical (unpaired) electrons. The Morgan fingerprint density at radius 1 is 1.37 bits per heavy atom. The molecular weight excluding hydrogens is 263 g/mol. The van der Waals surface area contributed by atoms with Gasteiger partial charge in [-0.3, -0.25) is 0 Å². The van der Waals surface area contributed by atoms with Crippen LogP contribution in [0.3, 0.4) is 0 Å². The lowest BCUT2D eigenvalue weighted by atomic mass is 10.1. The third-order valence-electron chi connectivity index (χ3n) is 2.89. The fraction of sp³-hybridized carbons (Fsp3) is 0.385. The normalized spacial score (nSPS) is 10.9. The van der Waals surface area contributed by atoms with Crippen LogP contribution in [-0.4, -0.2) is 21.8 Å². The molecule has 0 atom stereocenters. The Morgan fingerprint density at radius 3 is 2.89 bits per heavy atom. The van der Waals surface area contributed by atoms with Crippen molar-refractivity contribution in [2.24, 2.45) is 7.05 Å². The molecule has 0 saturated carbocycles. The first-order valence-electron chi connectivity index (χ1n) is 6.03. The molecule has 0 aliphatic rings. The van der Waals surface area contributed by atoms with Gasteiger partial charge in [0.15, 0.2) is 5.16 Å². The van der Waals surface area contributed by atoms with Gasteiger partial charge in [-0.1, -0.05) is 30.0 Å². The summed E-state index contributed by atoms with van der Waals surface area (Å²) in [5.41, 5.74) is 1.37. The second-order valence-corrected chi connectivity index (χ2v) is 5.27. The number of rotatable bonds is 5. The molecule has 0 unspecified atom stereocenters. The maximum absolute atomic E-state index is 13.9. The smallest absolute Gasteiger partial charge is 0.191 e. The van der Waals surface area contributed by atoms with Gasteiger partial charge in [-0.05, 0) is 25.1 Å². The average Bonchev–Trinajstić information content (AvgIpc) is 2.74. The number of hydrogen-bond acceptors (Lipinski definition) is 4. The van der Waals surface area contributed by atoms with Crippen LogP contribution in [0.1, 0.15) is 17.0 Å². The summed E-state index contributed by atoms with van der Waals surface area (Å²) in [5.74, 6) is 1.29. The molecule has 0 saturated heterocycles. The second-order valence-electron chi connectivity index (χ2n) is 4.32. The van der Waals surface area contributed by atoms with E-state index in [2.05, 4.69) is 15.5 Å². The largest absolute Gasteiger partial charge is 0.313 e. The highest BCUT2D eigenvalue weighted by Crippen LogP contribution is 2.23. The number of aryl methyl sites for hydroxylation is 1. The zero-order valence-electron chi connectivity index (χ0n) is 11.3. The molecule has 19 heavy (non-hydrogen) atoms. The summed E-state index contributed by atoms with van der Waals surface area (Å²) in [5, 5.41) is 12.0. The van der Waals surface area contributed by atoms with E-state index in [0.717, 1.165) is 11.0 Å². The van der Waals surface area contributed by atoms with Gasteiger partial charge in [-0.15, -0.1) is 10.2 Å². The number of halogens is 1. The molecule has 0 aliphatic carbocycles. The first kappa shape index (κ1) is 14.0. The van der Waals surface area contributed by atoms with Crippen LogP contribution in [0.5, 0.6) is 0 Å². The Kier molecular flexibility index (Phi) is 4.55. The molecule has 1 heterocycles. The molecular formula is C13H17FN4S. The summed E-state index contributed by atoms with van der Waals surface area (Å²) in [6.45, 7) is 2.44. The van der Waals surface area contributed by atoms with Crippen LogP contribution >= 0.6 is 11.8 Å². The quantitative estimate of drug-likeness (QED) is 0.853. The van der Waals surface area contributed by atoms with E-state index >= 15 is 0 Å². The highest BCUT2D eigenvalue weighted by Gasteiger charge is 2.10. The topological polar surface area (TPSA) is 42.7 Å². The molecule has 0 bridgehead atoms. The van der Waals surface area contributed by atoms with Gasteiger partial charge in [-0.2, -0.15) is 0 Å². The van der Waals surface area contributed by atoms with Crippen LogP contribution in [0.4, 0.5) is 4.39 Å². The highest BCUT2D eigenvalue weighted by atomic mass is 32.2. The Bertz CT molecular complexity index is 568. The van der Waals surface area contributed by atoms with Crippen molar-refractivity contribution >= 4 is 11.8 Å². The Balaban J connectivity index is 2.08. The Hall–Kier alpha value is -1.40. The van der Waals surface area contributed by atoms with Crippen molar-refractivity contribution in [2.45, 2.75) is 24.4 Å². The standard InChI is InChI=1S/C13H17FN4S/c1-9-5-4-6-10(12(9)14)8-19-13-17-16-11(7-15-2)18(13)3/h4-6,15H,7-8H2,1-3H3. The summed E-state index contributed by atoms with van der Waals surface area (Å²) in [4.78, 5) is 0. The lowest BCUT2D eigenvalue weighted by molar-refractivity contribution is 0.608. The number of nitrogens with one attached hydrogen (secondary N) is 1. The monoisotopic (exact) mass is 280 g/mol. The predicted molar refractivity (Wildman–Crippen MR) is 74.5 cm³/mol. The zero-order valence-corrected chi connectivity index (χ0v) is 12.1. The van der Waals surface area contributed by atoms with E-state index < -0.39 is 0 Å². The summed E-state index contributed by atoms with van der Waals surface area (Å²) in [7, 11) is 3.78. The lowest BCUT2D eigenvalue weighted by Crippen LogP contribution is -2.10. The molecule has 4 nitrogen and oxygen atoms in total. The molecule has 1 aromatic carbocycles. The molecule has 0 aliphatic heterocycles.